The average molecular weight is 213 g/mol. The Kier molecular flexibility index (Phi) is 5.08. The highest BCUT2D eigenvalue weighted by molar-refractivity contribution is 5.68. The largest absolute Gasteiger partial charge is 0.444 e. The Labute approximate surface area is 90.8 Å². The summed E-state index contributed by atoms with van der Waals surface area (Å²) in [5.74, 6) is 0. The molecule has 1 N–H and O–H groups in total. The van der Waals surface area contributed by atoms with Crippen LogP contribution in [-0.4, -0.2) is 34.5 Å². The number of rotatable bonds is 4. The molecule has 0 aromatic heterocycles. The van der Waals surface area contributed by atoms with Gasteiger partial charge in [-0.3, -0.25) is 4.90 Å². The number of carbonyl (C=O) groups is 1. The minimum Gasteiger partial charge on any atom is -0.444 e. The molecule has 0 spiro atoms. The van der Waals surface area contributed by atoms with Gasteiger partial charge in [-0.05, 0) is 26.8 Å². The fourth-order valence-corrected chi connectivity index (χ4v) is 0.877. The van der Waals surface area contributed by atoms with E-state index in [9.17, 15) is 9.90 Å². The lowest BCUT2D eigenvalue weighted by atomic mass is 10.2. The zero-order chi connectivity index (χ0) is 12.1. The molecule has 0 aliphatic rings. The minimum absolute atomic E-state index is 0.210. The summed E-state index contributed by atoms with van der Waals surface area (Å²) in [6, 6.07) is 0. The van der Waals surface area contributed by atoms with Gasteiger partial charge in [-0.15, -0.1) is 6.58 Å². The zero-order valence-electron chi connectivity index (χ0n) is 9.56. The van der Waals surface area contributed by atoms with Gasteiger partial charge in [0, 0.05) is 6.54 Å². The molecular formula is C11H19NO3. The van der Waals surface area contributed by atoms with Gasteiger partial charge in [0.05, 0.1) is 0 Å². The first-order valence-corrected chi connectivity index (χ1v) is 4.73. The van der Waals surface area contributed by atoms with Gasteiger partial charge < -0.3 is 9.84 Å². The molecule has 0 aliphatic carbocycles. The summed E-state index contributed by atoms with van der Waals surface area (Å²) in [6.45, 7) is 12.4. The predicted molar refractivity (Wildman–Crippen MR) is 59.3 cm³/mol. The van der Waals surface area contributed by atoms with Crippen molar-refractivity contribution in [3.8, 4) is 0 Å². The SMILES string of the molecule is C=CCN(C(=O)OC(C)(C)C)C(O)C=C. The third kappa shape index (κ3) is 5.22. The van der Waals surface area contributed by atoms with Crippen molar-refractivity contribution in [2.24, 2.45) is 0 Å². The number of amides is 1. The van der Waals surface area contributed by atoms with Crippen LogP contribution in [-0.2, 0) is 4.74 Å². The van der Waals surface area contributed by atoms with Crippen LogP contribution in [0, 0.1) is 0 Å². The quantitative estimate of drug-likeness (QED) is 0.573. The molecule has 1 amide bonds. The molecule has 0 fully saturated rings. The first kappa shape index (κ1) is 13.7. The first-order valence-electron chi connectivity index (χ1n) is 4.73. The van der Waals surface area contributed by atoms with Crippen LogP contribution in [0.2, 0.25) is 0 Å². The van der Waals surface area contributed by atoms with Crippen LogP contribution in [0.15, 0.2) is 25.3 Å². The lowest BCUT2D eigenvalue weighted by molar-refractivity contribution is -0.00930. The predicted octanol–water partition coefficient (Wildman–Crippen LogP) is 1.91. The lowest BCUT2D eigenvalue weighted by Gasteiger charge is -2.28. The third-order valence-corrected chi connectivity index (χ3v) is 1.48. The maximum absolute atomic E-state index is 11.6. The van der Waals surface area contributed by atoms with Gasteiger partial charge in [-0.25, -0.2) is 4.79 Å². The normalized spacial score (nSPS) is 12.8. The number of hydrogen-bond acceptors (Lipinski definition) is 3. The molecule has 0 rings (SSSR count). The molecule has 0 aromatic rings. The van der Waals surface area contributed by atoms with Crippen LogP contribution in [0.3, 0.4) is 0 Å². The minimum atomic E-state index is -1.06. The van der Waals surface area contributed by atoms with Crippen LogP contribution in [0.1, 0.15) is 20.8 Å². The van der Waals surface area contributed by atoms with Crippen LogP contribution >= 0.6 is 0 Å². The van der Waals surface area contributed by atoms with E-state index in [0.29, 0.717) is 0 Å². The second-order valence-electron chi connectivity index (χ2n) is 4.07. The summed E-state index contributed by atoms with van der Waals surface area (Å²) < 4.78 is 5.11. The van der Waals surface area contributed by atoms with Gasteiger partial charge >= 0.3 is 6.09 Å². The highest BCUT2D eigenvalue weighted by Gasteiger charge is 2.24. The monoisotopic (exact) mass is 213 g/mol. The molecule has 15 heavy (non-hydrogen) atoms. The zero-order valence-corrected chi connectivity index (χ0v) is 9.56. The first-order chi connectivity index (χ1) is 6.81. The second kappa shape index (κ2) is 5.56. The highest BCUT2D eigenvalue weighted by atomic mass is 16.6. The molecular weight excluding hydrogens is 194 g/mol. The van der Waals surface area contributed by atoms with Crippen molar-refractivity contribution in [3.05, 3.63) is 25.3 Å². The van der Waals surface area contributed by atoms with E-state index in [0.717, 1.165) is 4.90 Å². The topological polar surface area (TPSA) is 49.8 Å². The van der Waals surface area contributed by atoms with E-state index in [1.165, 1.54) is 12.2 Å². The van der Waals surface area contributed by atoms with E-state index in [-0.39, 0.29) is 6.54 Å². The molecule has 4 heteroatoms. The maximum Gasteiger partial charge on any atom is 0.412 e. The van der Waals surface area contributed by atoms with Crippen molar-refractivity contribution in [2.75, 3.05) is 6.54 Å². The lowest BCUT2D eigenvalue weighted by Crippen LogP contribution is -2.42. The van der Waals surface area contributed by atoms with E-state index in [1.807, 2.05) is 0 Å². The number of aliphatic hydroxyl groups is 1. The summed E-state index contributed by atoms with van der Waals surface area (Å²) in [5, 5.41) is 9.48. The Morgan fingerprint density at radius 1 is 1.53 bits per heavy atom. The molecule has 0 bridgehead atoms. The van der Waals surface area contributed by atoms with E-state index < -0.39 is 17.9 Å². The molecule has 0 heterocycles. The van der Waals surface area contributed by atoms with Crippen molar-refractivity contribution in [1.29, 1.82) is 0 Å². The van der Waals surface area contributed by atoms with Crippen LogP contribution in [0.4, 0.5) is 4.79 Å². The van der Waals surface area contributed by atoms with Crippen molar-refractivity contribution in [1.82, 2.24) is 4.90 Å². The van der Waals surface area contributed by atoms with E-state index in [1.54, 1.807) is 20.8 Å². The molecule has 1 unspecified atom stereocenters. The van der Waals surface area contributed by atoms with Crippen molar-refractivity contribution in [2.45, 2.75) is 32.6 Å². The molecule has 0 aromatic carbocycles. The molecule has 4 nitrogen and oxygen atoms in total. The van der Waals surface area contributed by atoms with Gasteiger partial charge in [0.15, 0.2) is 6.23 Å². The number of nitrogens with zero attached hydrogens (tertiary/aromatic N) is 1. The van der Waals surface area contributed by atoms with E-state index >= 15 is 0 Å². The summed E-state index contributed by atoms with van der Waals surface area (Å²) in [7, 11) is 0. The van der Waals surface area contributed by atoms with Crippen molar-refractivity contribution in [3.63, 3.8) is 0 Å². The fourth-order valence-electron chi connectivity index (χ4n) is 0.877. The van der Waals surface area contributed by atoms with Gasteiger partial charge in [0.1, 0.15) is 5.60 Å². The number of hydrogen-bond donors (Lipinski definition) is 1. The van der Waals surface area contributed by atoms with E-state index in [2.05, 4.69) is 13.2 Å². The standard InChI is InChI=1S/C11H19NO3/c1-6-8-12(9(13)7-2)10(14)15-11(3,4)5/h6-7,9,13H,1-2,8H2,3-5H3. The molecule has 0 radical (unpaired) electrons. The van der Waals surface area contributed by atoms with Gasteiger partial charge in [0.2, 0.25) is 0 Å². The summed E-state index contributed by atoms with van der Waals surface area (Å²) in [4.78, 5) is 12.7. The average Bonchev–Trinajstić information content (AvgIpc) is 2.10. The van der Waals surface area contributed by atoms with Crippen LogP contribution in [0.25, 0.3) is 0 Å². The Morgan fingerprint density at radius 2 is 2.07 bits per heavy atom. The Bertz CT molecular complexity index is 243. The van der Waals surface area contributed by atoms with Crippen molar-refractivity contribution < 1.29 is 14.6 Å². The third-order valence-electron chi connectivity index (χ3n) is 1.48. The summed E-state index contributed by atoms with van der Waals surface area (Å²) in [5.41, 5.74) is -0.586. The van der Waals surface area contributed by atoms with E-state index in [4.69, 9.17) is 4.74 Å². The molecule has 0 saturated heterocycles. The molecule has 0 saturated carbocycles. The number of carbonyl (C=O) groups excluding carboxylic acids is 1. The Balaban J connectivity index is 4.55. The Morgan fingerprint density at radius 3 is 2.40 bits per heavy atom. The van der Waals surface area contributed by atoms with Crippen molar-refractivity contribution >= 4 is 6.09 Å². The van der Waals surface area contributed by atoms with Gasteiger partial charge in [-0.1, -0.05) is 12.7 Å². The molecule has 86 valence electrons. The number of aliphatic hydroxyl groups excluding tert-OH is 1. The smallest absolute Gasteiger partial charge is 0.412 e. The summed E-state index contributed by atoms with van der Waals surface area (Å²) >= 11 is 0. The summed E-state index contributed by atoms with van der Waals surface area (Å²) in [6.07, 6.45) is 1.12. The fraction of sp³-hybridized carbons (Fsp3) is 0.545. The van der Waals surface area contributed by atoms with Crippen LogP contribution < -0.4 is 0 Å². The Hall–Kier alpha value is -1.29. The number of ether oxygens (including phenoxy) is 1. The molecule has 1 atom stereocenters. The van der Waals surface area contributed by atoms with Gasteiger partial charge in [0.25, 0.3) is 0 Å². The van der Waals surface area contributed by atoms with Gasteiger partial charge in [-0.2, -0.15) is 0 Å². The second-order valence-corrected chi connectivity index (χ2v) is 4.07. The molecule has 0 aliphatic heterocycles. The maximum atomic E-state index is 11.6. The highest BCUT2D eigenvalue weighted by Crippen LogP contribution is 2.11. The van der Waals surface area contributed by atoms with Crippen LogP contribution in [0.5, 0.6) is 0 Å².